The Hall–Kier alpha value is -1.40. The zero-order valence-electron chi connectivity index (χ0n) is 10.1. The first kappa shape index (κ1) is 13.0. The van der Waals surface area contributed by atoms with Gasteiger partial charge < -0.3 is 5.73 Å². The third kappa shape index (κ3) is 2.88. The Morgan fingerprint density at radius 1 is 1.33 bits per heavy atom. The zero-order valence-corrected chi connectivity index (χ0v) is 10.9. The van der Waals surface area contributed by atoms with E-state index < -0.39 is 27.2 Å². The quantitative estimate of drug-likeness (QED) is 0.837. The molecule has 0 saturated heterocycles. The molecule has 98 valence electrons. The first-order valence-corrected chi connectivity index (χ1v) is 7.32. The van der Waals surface area contributed by atoms with E-state index in [1.165, 1.54) is 0 Å². The molecule has 1 unspecified atom stereocenters. The normalized spacial score (nSPS) is 17.2. The number of carbonyl (C=O) groups excluding carboxylic acids is 1. The summed E-state index contributed by atoms with van der Waals surface area (Å²) in [5.74, 6) is -0.675. The second-order valence-corrected chi connectivity index (χ2v) is 6.56. The summed E-state index contributed by atoms with van der Waals surface area (Å²) in [5, 5.41) is -0.424. The molecule has 1 fully saturated rings. The van der Waals surface area contributed by atoms with Crippen molar-refractivity contribution < 1.29 is 13.2 Å². The van der Waals surface area contributed by atoms with Crippen LogP contribution < -0.4 is 10.5 Å². The van der Waals surface area contributed by atoms with Crippen LogP contribution in [0, 0.1) is 6.92 Å². The molecule has 1 aliphatic rings. The van der Waals surface area contributed by atoms with E-state index in [1.807, 2.05) is 23.8 Å². The van der Waals surface area contributed by atoms with Crippen molar-refractivity contribution >= 4 is 15.9 Å². The molecule has 1 aliphatic carbocycles. The number of aryl methyl sites for hydroxylation is 1. The Morgan fingerprint density at radius 3 is 2.39 bits per heavy atom. The van der Waals surface area contributed by atoms with Gasteiger partial charge in [0.05, 0.1) is 5.25 Å². The summed E-state index contributed by atoms with van der Waals surface area (Å²) >= 11 is 0. The molecule has 18 heavy (non-hydrogen) atoms. The van der Waals surface area contributed by atoms with Crippen LogP contribution in [0.1, 0.15) is 30.0 Å². The maximum absolute atomic E-state index is 11.8. The summed E-state index contributed by atoms with van der Waals surface area (Å²) in [7, 11) is -3.53. The molecule has 1 aromatic rings. The molecule has 0 aromatic heterocycles. The van der Waals surface area contributed by atoms with Gasteiger partial charge in [0.15, 0.2) is 0 Å². The minimum absolute atomic E-state index is 0.424. The molecule has 2 rings (SSSR count). The number of benzene rings is 1. The second kappa shape index (κ2) is 4.70. The molecular weight excluding hydrogens is 252 g/mol. The second-order valence-electron chi connectivity index (χ2n) is 4.60. The molecule has 5 nitrogen and oxygen atoms in total. The summed E-state index contributed by atoms with van der Waals surface area (Å²) in [6.07, 6.45) is 1.23. The minimum Gasteiger partial charge on any atom is -0.316 e. The predicted octanol–water partition coefficient (Wildman–Crippen LogP) is 0.603. The molecule has 0 bridgehead atoms. The van der Waals surface area contributed by atoms with Gasteiger partial charge in [0.2, 0.25) is 10.0 Å². The van der Waals surface area contributed by atoms with Crippen LogP contribution in [0.25, 0.3) is 0 Å². The summed E-state index contributed by atoms with van der Waals surface area (Å²) < 4.78 is 25.3. The molecule has 1 atom stereocenters. The van der Waals surface area contributed by atoms with Crippen molar-refractivity contribution in [1.82, 2.24) is 4.72 Å². The van der Waals surface area contributed by atoms with E-state index in [-0.39, 0.29) is 0 Å². The highest BCUT2D eigenvalue weighted by Crippen LogP contribution is 2.27. The molecule has 6 heteroatoms. The fourth-order valence-electron chi connectivity index (χ4n) is 1.59. The van der Waals surface area contributed by atoms with Gasteiger partial charge in [0.1, 0.15) is 6.04 Å². The van der Waals surface area contributed by atoms with Gasteiger partial charge in [0, 0.05) is 0 Å². The highest BCUT2D eigenvalue weighted by atomic mass is 32.2. The lowest BCUT2D eigenvalue weighted by Gasteiger charge is -2.12. The summed E-state index contributed by atoms with van der Waals surface area (Å²) in [4.78, 5) is 11.8. The van der Waals surface area contributed by atoms with Gasteiger partial charge in [-0.15, -0.1) is 0 Å². The van der Waals surface area contributed by atoms with Gasteiger partial charge in [-0.3, -0.25) is 9.52 Å². The van der Waals surface area contributed by atoms with Crippen molar-refractivity contribution in [2.45, 2.75) is 31.1 Å². The highest BCUT2D eigenvalue weighted by Gasteiger charge is 2.37. The number of amides is 1. The van der Waals surface area contributed by atoms with Crippen LogP contribution in [0.5, 0.6) is 0 Å². The molecule has 1 saturated carbocycles. The Kier molecular flexibility index (Phi) is 3.41. The first-order valence-electron chi connectivity index (χ1n) is 5.78. The van der Waals surface area contributed by atoms with E-state index in [4.69, 9.17) is 5.73 Å². The maximum Gasteiger partial charge on any atom is 0.254 e. The highest BCUT2D eigenvalue weighted by molar-refractivity contribution is 7.90. The fourth-order valence-corrected chi connectivity index (χ4v) is 2.92. The number of rotatable bonds is 4. The van der Waals surface area contributed by atoms with Gasteiger partial charge in [0.25, 0.3) is 5.91 Å². The molecular formula is C12H16N2O3S. The van der Waals surface area contributed by atoms with Crippen molar-refractivity contribution in [1.29, 1.82) is 0 Å². The molecule has 3 N–H and O–H groups in total. The molecule has 0 heterocycles. The summed E-state index contributed by atoms with van der Waals surface area (Å²) in [6, 6.07) is 6.15. The average Bonchev–Trinajstić information content (AvgIpc) is 3.12. The lowest BCUT2D eigenvalue weighted by Crippen LogP contribution is -2.39. The topological polar surface area (TPSA) is 89.3 Å². The van der Waals surface area contributed by atoms with Gasteiger partial charge >= 0.3 is 0 Å². The SMILES string of the molecule is Cc1ccc(C(N)C(=O)NS(=O)(=O)C2CC2)cc1. The number of nitrogens with two attached hydrogens (primary N) is 1. The van der Waals surface area contributed by atoms with Crippen LogP contribution in [0.3, 0.4) is 0 Å². The number of carbonyl (C=O) groups is 1. The van der Waals surface area contributed by atoms with Crippen LogP contribution in [0.4, 0.5) is 0 Å². The standard InChI is InChI=1S/C12H16N2O3S/c1-8-2-4-9(5-3-8)11(13)12(15)14-18(16,17)10-6-7-10/h2-5,10-11H,6-7,13H2,1H3,(H,14,15). The Balaban J connectivity index is 2.07. The number of nitrogens with one attached hydrogen (secondary N) is 1. The Labute approximate surface area is 106 Å². The van der Waals surface area contributed by atoms with E-state index in [1.54, 1.807) is 12.1 Å². The van der Waals surface area contributed by atoms with E-state index in [0.29, 0.717) is 18.4 Å². The van der Waals surface area contributed by atoms with Crippen LogP contribution in [-0.4, -0.2) is 19.6 Å². The third-order valence-corrected chi connectivity index (χ3v) is 4.76. The monoisotopic (exact) mass is 268 g/mol. The average molecular weight is 268 g/mol. The van der Waals surface area contributed by atoms with Crippen molar-refractivity contribution in [3.8, 4) is 0 Å². The first-order chi connectivity index (χ1) is 8.40. The van der Waals surface area contributed by atoms with E-state index >= 15 is 0 Å². The minimum atomic E-state index is -3.53. The Morgan fingerprint density at radius 2 is 1.89 bits per heavy atom. The van der Waals surface area contributed by atoms with E-state index in [9.17, 15) is 13.2 Å². The maximum atomic E-state index is 11.8. The lowest BCUT2D eigenvalue weighted by molar-refractivity contribution is -0.120. The van der Waals surface area contributed by atoms with Gasteiger partial charge in [-0.25, -0.2) is 8.42 Å². The van der Waals surface area contributed by atoms with Crippen LogP contribution >= 0.6 is 0 Å². The molecule has 0 aliphatic heterocycles. The van der Waals surface area contributed by atoms with Gasteiger partial charge in [-0.1, -0.05) is 29.8 Å². The third-order valence-electron chi connectivity index (χ3n) is 2.92. The lowest BCUT2D eigenvalue weighted by atomic mass is 10.1. The van der Waals surface area contributed by atoms with Crippen molar-refractivity contribution in [2.24, 2.45) is 5.73 Å². The molecule has 0 radical (unpaired) electrons. The van der Waals surface area contributed by atoms with Crippen LogP contribution in [0.2, 0.25) is 0 Å². The molecule has 1 amide bonds. The number of hydrogen-bond acceptors (Lipinski definition) is 4. The number of hydrogen-bond donors (Lipinski definition) is 2. The molecule has 0 spiro atoms. The van der Waals surface area contributed by atoms with Crippen molar-refractivity contribution in [3.63, 3.8) is 0 Å². The molecule has 1 aromatic carbocycles. The van der Waals surface area contributed by atoms with Crippen LogP contribution in [0.15, 0.2) is 24.3 Å². The van der Waals surface area contributed by atoms with E-state index in [2.05, 4.69) is 0 Å². The van der Waals surface area contributed by atoms with E-state index in [0.717, 1.165) is 5.56 Å². The Bertz CT molecular complexity index is 547. The summed E-state index contributed by atoms with van der Waals surface area (Å²) in [5.41, 5.74) is 7.39. The van der Waals surface area contributed by atoms with Gasteiger partial charge in [-0.2, -0.15) is 0 Å². The smallest absolute Gasteiger partial charge is 0.254 e. The largest absolute Gasteiger partial charge is 0.316 e. The number of sulfonamides is 1. The summed E-state index contributed by atoms with van der Waals surface area (Å²) in [6.45, 7) is 1.92. The predicted molar refractivity (Wildman–Crippen MR) is 68.2 cm³/mol. The van der Waals surface area contributed by atoms with Gasteiger partial charge in [-0.05, 0) is 25.3 Å². The fraction of sp³-hybridized carbons (Fsp3) is 0.417. The van der Waals surface area contributed by atoms with Crippen molar-refractivity contribution in [3.05, 3.63) is 35.4 Å². The zero-order chi connectivity index (χ0) is 13.3. The van der Waals surface area contributed by atoms with Crippen molar-refractivity contribution in [2.75, 3.05) is 0 Å². The van der Waals surface area contributed by atoms with Crippen LogP contribution in [-0.2, 0) is 14.8 Å².